The highest BCUT2D eigenvalue weighted by Gasteiger charge is 2.52. The van der Waals surface area contributed by atoms with Crippen LogP contribution >= 0.6 is 0 Å². The minimum atomic E-state index is -1.39. The summed E-state index contributed by atoms with van der Waals surface area (Å²) in [6, 6.07) is 0. The molecule has 0 aromatic carbocycles. The maximum absolute atomic E-state index is 11.3. The SMILES string of the molecule is COC(=O)[C@H]1O[C@@H]2O[C@@H](C)O[C@@H]2[C@@H](O)[C@@H]1O. The predicted molar refractivity (Wildman–Crippen MR) is 48.1 cm³/mol. The van der Waals surface area contributed by atoms with Crippen molar-refractivity contribution >= 4 is 5.97 Å². The summed E-state index contributed by atoms with van der Waals surface area (Å²) in [5.41, 5.74) is 0. The fraction of sp³-hybridized carbons (Fsp3) is 0.889. The molecule has 0 saturated carbocycles. The van der Waals surface area contributed by atoms with E-state index in [4.69, 9.17) is 14.2 Å². The Labute approximate surface area is 91.9 Å². The van der Waals surface area contributed by atoms with E-state index in [2.05, 4.69) is 4.74 Å². The molecule has 0 unspecified atom stereocenters. The molecule has 0 spiro atoms. The van der Waals surface area contributed by atoms with E-state index >= 15 is 0 Å². The Morgan fingerprint density at radius 1 is 1.19 bits per heavy atom. The van der Waals surface area contributed by atoms with Gasteiger partial charge in [-0.2, -0.15) is 0 Å². The zero-order chi connectivity index (χ0) is 11.9. The van der Waals surface area contributed by atoms with Crippen LogP contribution in [0.5, 0.6) is 0 Å². The van der Waals surface area contributed by atoms with Crippen LogP contribution in [0.4, 0.5) is 0 Å². The summed E-state index contributed by atoms with van der Waals surface area (Å²) < 4.78 is 20.0. The van der Waals surface area contributed by atoms with E-state index in [0.717, 1.165) is 0 Å². The van der Waals surface area contributed by atoms with Gasteiger partial charge in [-0.1, -0.05) is 0 Å². The third-order valence-corrected chi connectivity index (χ3v) is 2.65. The fourth-order valence-electron chi connectivity index (χ4n) is 1.84. The van der Waals surface area contributed by atoms with Crippen LogP contribution in [0.1, 0.15) is 6.92 Å². The van der Waals surface area contributed by atoms with Crippen LogP contribution in [-0.2, 0) is 23.7 Å². The number of fused-ring (bicyclic) bond motifs is 1. The number of methoxy groups -OCH3 is 1. The summed E-state index contributed by atoms with van der Waals surface area (Å²) in [5.74, 6) is -0.756. The van der Waals surface area contributed by atoms with Gasteiger partial charge in [-0.25, -0.2) is 4.79 Å². The Morgan fingerprint density at radius 2 is 1.88 bits per heavy atom. The molecular weight excluding hydrogens is 220 g/mol. The van der Waals surface area contributed by atoms with Crippen LogP contribution in [0.2, 0.25) is 0 Å². The maximum Gasteiger partial charge on any atom is 0.337 e. The lowest BCUT2D eigenvalue weighted by atomic mass is 9.99. The summed E-state index contributed by atoms with van der Waals surface area (Å²) in [6.07, 6.45) is -6.08. The molecule has 6 atom stereocenters. The number of aliphatic hydroxyl groups excluding tert-OH is 2. The quantitative estimate of drug-likeness (QED) is 0.526. The van der Waals surface area contributed by atoms with Gasteiger partial charge in [0.15, 0.2) is 18.7 Å². The van der Waals surface area contributed by atoms with Crippen molar-refractivity contribution in [2.45, 2.75) is 43.9 Å². The number of rotatable bonds is 1. The fourth-order valence-corrected chi connectivity index (χ4v) is 1.84. The van der Waals surface area contributed by atoms with Crippen LogP contribution < -0.4 is 0 Å². The van der Waals surface area contributed by atoms with Gasteiger partial charge in [0.05, 0.1) is 7.11 Å². The molecule has 0 radical (unpaired) electrons. The van der Waals surface area contributed by atoms with E-state index in [1.165, 1.54) is 7.11 Å². The van der Waals surface area contributed by atoms with E-state index in [0.29, 0.717) is 0 Å². The molecule has 2 N–H and O–H groups in total. The van der Waals surface area contributed by atoms with E-state index in [9.17, 15) is 15.0 Å². The summed E-state index contributed by atoms with van der Waals surface area (Å²) in [6.45, 7) is 1.63. The first-order valence-corrected chi connectivity index (χ1v) is 4.95. The maximum atomic E-state index is 11.3. The van der Waals surface area contributed by atoms with Crippen molar-refractivity contribution in [3.8, 4) is 0 Å². The average molecular weight is 234 g/mol. The van der Waals surface area contributed by atoms with Crippen molar-refractivity contribution in [3.05, 3.63) is 0 Å². The Balaban J connectivity index is 2.13. The molecule has 2 heterocycles. The smallest absolute Gasteiger partial charge is 0.337 e. The molecule has 0 amide bonds. The van der Waals surface area contributed by atoms with Crippen LogP contribution in [0.25, 0.3) is 0 Å². The van der Waals surface area contributed by atoms with Crippen molar-refractivity contribution < 1.29 is 34.0 Å². The summed E-state index contributed by atoms with van der Waals surface area (Å²) in [4.78, 5) is 11.3. The number of esters is 1. The number of aliphatic hydroxyl groups is 2. The number of ether oxygens (including phenoxy) is 4. The van der Waals surface area contributed by atoms with E-state index in [1.807, 2.05) is 0 Å². The molecular formula is C9H14O7. The van der Waals surface area contributed by atoms with Crippen molar-refractivity contribution in [2.24, 2.45) is 0 Å². The van der Waals surface area contributed by atoms with Crippen LogP contribution in [0, 0.1) is 0 Å². The molecule has 0 aliphatic carbocycles. The van der Waals surface area contributed by atoms with Gasteiger partial charge in [-0.05, 0) is 6.92 Å². The summed E-state index contributed by atoms with van der Waals surface area (Å²) in [7, 11) is 1.17. The average Bonchev–Trinajstić information content (AvgIpc) is 2.63. The summed E-state index contributed by atoms with van der Waals surface area (Å²) in [5, 5.41) is 19.4. The molecule has 0 bridgehead atoms. The van der Waals surface area contributed by atoms with Gasteiger partial charge in [0.1, 0.15) is 18.3 Å². The molecule has 2 aliphatic rings. The molecule has 2 aliphatic heterocycles. The monoisotopic (exact) mass is 234 g/mol. The lowest BCUT2D eigenvalue weighted by molar-refractivity contribution is -0.249. The Kier molecular flexibility index (Phi) is 3.13. The Bertz CT molecular complexity index is 279. The Morgan fingerprint density at radius 3 is 2.50 bits per heavy atom. The molecule has 7 nitrogen and oxygen atoms in total. The lowest BCUT2D eigenvalue weighted by Crippen LogP contribution is -2.58. The zero-order valence-electron chi connectivity index (χ0n) is 8.90. The predicted octanol–water partition coefficient (Wildman–Crippen LogP) is -1.63. The lowest BCUT2D eigenvalue weighted by Gasteiger charge is -2.36. The van der Waals surface area contributed by atoms with E-state index in [1.54, 1.807) is 6.92 Å². The van der Waals surface area contributed by atoms with Gasteiger partial charge in [0.2, 0.25) is 0 Å². The summed E-state index contributed by atoms with van der Waals surface area (Å²) >= 11 is 0. The van der Waals surface area contributed by atoms with E-state index in [-0.39, 0.29) is 0 Å². The molecule has 92 valence electrons. The third kappa shape index (κ3) is 1.80. The molecule has 0 aromatic rings. The molecule has 2 fully saturated rings. The molecule has 16 heavy (non-hydrogen) atoms. The number of carbonyl (C=O) groups is 1. The molecule has 7 heteroatoms. The molecule has 0 aromatic heterocycles. The van der Waals surface area contributed by atoms with Gasteiger partial charge in [-0.15, -0.1) is 0 Å². The number of carbonyl (C=O) groups excluding carboxylic acids is 1. The minimum Gasteiger partial charge on any atom is -0.467 e. The highest BCUT2D eigenvalue weighted by Crippen LogP contribution is 2.31. The van der Waals surface area contributed by atoms with Gasteiger partial charge in [0.25, 0.3) is 0 Å². The van der Waals surface area contributed by atoms with Crippen molar-refractivity contribution in [2.75, 3.05) is 7.11 Å². The molecule has 2 rings (SSSR count). The van der Waals surface area contributed by atoms with Crippen LogP contribution in [-0.4, -0.2) is 60.3 Å². The van der Waals surface area contributed by atoms with Crippen molar-refractivity contribution in [1.82, 2.24) is 0 Å². The van der Waals surface area contributed by atoms with Crippen LogP contribution in [0.3, 0.4) is 0 Å². The minimum absolute atomic E-state index is 0.548. The second-order valence-electron chi connectivity index (χ2n) is 3.73. The third-order valence-electron chi connectivity index (χ3n) is 2.65. The largest absolute Gasteiger partial charge is 0.467 e. The molecule has 2 saturated heterocycles. The van der Waals surface area contributed by atoms with Gasteiger partial charge < -0.3 is 29.2 Å². The first-order valence-electron chi connectivity index (χ1n) is 4.95. The number of hydrogen-bond donors (Lipinski definition) is 2. The second kappa shape index (κ2) is 4.27. The normalized spacial score (nSPS) is 47.5. The van der Waals surface area contributed by atoms with Gasteiger partial charge in [0, 0.05) is 0 Å². The van der Waals surface area contributed by atoms with Crippen molar-refractivity contribution in [1.29, 1.82) is 0 Å². The first-order chi connectivity index (χ1) is 7.54. The van der Waals surface area contributed by atoms with Crippen LogP contribution in [0.15, 0.2) is 0 Å². The van der Waals surface area contributed by atoms with E-state index < -0.39 is 43.0 Å². The highest BCUT2D eigenvalue weighted by molar-refractivity contribution is 5.75. The van der Waals surface area contributed by atoms with Gasteiger partial charge in [-0.3, -0.25) is 0 Å². The van der Waals surface area contributed by atoms with Gasteiger partial charge >= 0.3 is 5.97 Å². The first kappa shape index (κ1) is 11.7. The highest BCUT2D eigenvalue weighted by atomic mass is 16.8. The standard InChI is InChI=1S/C9H14O7/c1-3-14-7-5(11)4(10)6(8(12)13-2)16-9(7)15-3/h3-7,9-11H,1-2H3/t3-,4-,5-,6-,7+,9-/m0/s1. The Hall–Kier alpha value is -0.730. The number of hydrogen-bond acceptors (Lipinski definition) is 7. The topological polar surface area (TPSA) is 94.5 Å². The van der Waals surface area contributed by atoms with Crippen molar-refractivity contribution in [3.63, 3.8) is 0 Å². The second-order valence-corrected chi connectivity index (χ2v) is 3.73. The zero-order valence-corrected chi connectivity index (χ0v) is 8.90.